The zero-order chi connectivity index (χ0) is 12.1. The summed E-state index contributed by atoms with van der Waals surface area (Å²) >= 11 is 0. The molecule has 0 fully saturated rings. The largest absolute Gasteiger partial charge is 0.486 e. The van der Waals surface area contributed by atoms with Gasteiger partial charge in [0.05, 0.1) is 6.61 Å². The molecule has 0 bridgehead atoms. The summed E-state index contributed by atoms with van der Waals surface area (Å²) in [5.74, 6) is 1.70. The maximum absolute atomic E-state index is 5.56. The van der Waals surface area contributed by atoms with Gasteiger partial charge in [-0.05, 0) is 24.7 Å². The molecule has 94 valence electrons. The summed E-state index contributed by atoms with van der Waals surface area (Å²) in [5.41, 5.74) is 1.23. The normalized spacial score (nSPS) is 14.1. The number of methoxy groups -OCH3 is 1. The summed E-state index contributed by atoms with van der Waals surface area (Å²) in [4.78, 5) is 2.22. The first-order valence-electron chi connectivity index (χ1n) is 5.85. The van der Waals surface area contributed by atoms with Crippen molar-refractivity contribution in [3.8, 4) is 11.5 Å². The van der Waals surface area contributed by atoms with Crippen molar-refractivity contribution >= 4 is 0 Å². The molecule has 0 radical (unpaired) electrons. The summed E-state index contributed by atoms with van der Waals surface area (Å²) in [6, 6.07) is 6.11. The second-order valence-electron chi connectivity index (χ2n) is 4.21. The Morgan fingerprint density at radius 1 is 1.24 bits per heavy atom. The minimum Gasteiger partial charge on any atom is -0.486 e. The van der Waals surface area contributed by atoms with Gasteiger partial charge in [0.25, 0.3) is 0 Å². The molecule has 17 heavy (non-hydrogen) atoms. The lowest BCUT2D eigenvalue weighted by Crippen LogP contribution is -2.22. The Balaban J connectivity index is 1.97. The number of nitrogens with zero attached hydrogens (tertiary/aromatic N) is 1. The first-order valence-corrected chi connectivity index (χ1v) is 5.85. The summed E-state index contributed by atoms with van der Waals surface area (Å²) in [6.07, 6.45) is 0. The molecule has 1 aliphatic rings. The van der Waals surface area contributed by atoms with E-state index in [9.17, 15) is 0 Å². The lowest BCUT2D eigenvalue weighted by Gasteiger charge is -2.20. The van der Waals surface area contributed by atoms with Crippen LogP contribution in [0, 0.1) is 0 Å². The number of likely N-dealkylation sites (N-methyl/N-ethyl adjacent to an activating group) is 1. The monoisotopic (exact) mass is 237 g/mol. The molecule has 0 N–H and O–H groups in total. The predicted molar refractivity (Wildman–Crippen MR) is 65.6 cm³/mol. The molecule has 0 saturated carbocycles. The lowest BCUT2D eigenvalue weighted by molar-refractivity contribution is 0.158. The van der Waals surface area contributed by atoms with Gasteiger partial charge in [-0.15, -0.1) is 0 Å². The van der Waals surface area contributed by atoms with Crippen LogP contribution in [0.1, 0.15) is 5.56 Å². The number of fused-ring (bicyclic) bond motifs is 1. The maximum atomic E-state index is 5.56. The number of rotatable bonds is 5. The average molecular weight is 237 g/mol. The van der Waals surface area contributed by atoms with E-state index in [1.165, 1.54) is 5.56 Å². The van der Waals surface area contributed by atoms with E-state index in [4.69, 9.17) is 14.2 Å². The van der Waals surface area contributed by atoms with Crippen LogP contribution in [0.3, 0.4) is 0 Å². The zero-order valence-corrected chi connectivity index (χ0v) is 10.4. The molecular formula is C13H19NO3. The van der Waals surface area contributed by atoms with Crippen LogP contribution >= 0.6 is 0 Å². The highest BCUT2D eigenvalue weighted by molar-refractivity contribution is 5.43. The minimum atomic E-state index is 0.635. The fourth-order valence-corrected chi connectivity index (χ4v) is 1.82. The highest BCUT2D eigenvalue weighted by Gasteiger charge is 2.12. The van der Waals surface area contributed by atoms with E-state index in [0.29, 0.717) is 13.2 Å². The summed E-state index contributed by atoms with van der Waals surface area (Å²) < 4.78 is 16.1. The van der Waals surface area contributed by atoms with Gasteiger partial charge in [0.2, 0.25) is 0 Å². The van der Waals surface area contributed by atoms with E-state index < -0.39 is 0 Å². The fraction of sp³-hybridized carbons (Fsp3) is 0.538. The van der Waals surface area contributed by atoms with Gasteiger partial charge in [-0.1, -0.05) is 6.07 Å². The van der Waals surface area contributed by atoms with Crippen molar-refractivity contribution in [2.24, 2.45) is 0 Å². The Morgan fingerprint density at radius 2 is 2.00 bits per heavy atom. The third-order valence-corrected chi connectivity index (χ3v) is 2.74. The first kappa shape index (κ1) is 12.2. The minimum absolute atomic E-state index is 0.635. The SMILES string of the molecule is COCCN(C)Cc1ccc2c(c1)OCCO2. The van der Waals surface area contributed by atoms with Gasteiger partial charge < -0.3 is 14.2 Å². The zero-order valence-electron chi connectivity index (χ0n) is 10.4. The molecule has 4 nitrogen and oxygen atoms in total. The third kappa shape index (κ3) is 3.35. The van der Waals surface area contributed by atoms with E-state index >= 15 is 0 Å². The molecule has 0 spiro atoms. The van der Waals surface area contributed by atoms with Crippen LogP contribution in [0.15, 0.2) is 18.2 Å². The molecule has 1 heterocycles. The highest BCUT2D eigenvalue weighted by Crippen LogP contribution is 2.30. The first-order chi connectivity index (χ1) is 8.29. The number of hydrogen-bond donors (Lipinski definition) is 0. The van der Waals surface area contributed by atoms with Crippen molar-refractivity contribution in [2.45, 2.75) is 6.54 Å². The molecule has 0 saturated heterocycles. The Kier molecular flexibility index (Phi) is 4.23. The van der Waals surface area contributed by atoms with Crippen molar-refractivity contribution in [1.29, 1.82) is 0 Å². The highest BCUT2D eigenvalue weighted by atomic mass is 16.6. The van der Waals surface area contributed by atoms with Crippen LogP contribution in [-0.4, -0.2) is 45.4 Å². The van der Waals surface area contributed by atoms with E-state index in [-0.39, 0.29) is 0 Å². The van der Waals surface area contributed by atoms with Gasteiger partial charge in [-0.25, -0.2) is 0 Å². The van der Waals surface area contributed by atoms with Gasteiger partial charge in [0.1, 0.15) is 13.2 Å². The van der Waals surface area contributed by atoms with Crippen LogP contribution in [-0.2, 0) is 11.3 Å². The standard InChI is InChI=1S/C13H19NO3/c1-14(5-6-15-2)10-11-3-4-12-13(9-11)17-8-7-16-12/h3-4,9H,5-8,10H2,1-2H3. The second-order valence-corrected chi connectivity index (χ2v) is 4.21. The van der Waals surface area contributed by atoms with Gasteiger partial charge in [0.15, 0.2) is 11.5 Å². The van der Waals surface area contributed by atoms with Crippen molar-refractivity contribution in [3.63, 3.8) is 0 Å². The predicted octanol–water partition coefficient (Wildman–Crippen LogP) is 1.54. The smallest absolute Gasteiger partial charge is 0.161 e. The van der Waals surface area contributed by atoms with E-state index in [2.05, 4.69) is 24.1 Å². The molecule has 0 atom stereocenters. The topological polar surface area (TPSA) is 30.9 Å². The fourth-order valence-electron chi connectivity index (χ4n) is 1.82. The molecule has 0 aromatic heterocycles. The van der Waals surface area contributed by atoms with Crippen molar-refractivity contribution < 1.29 is 14.2 Å². The van der Waals surface area contributed by atoms with Gasteiger partial charge in [-0.3, -0.25) is 4.90 Å². The van der Waals surface area contributed by atoms with Crippen molar-refractivity contribution in [1.82, 2.24) is 4.90 Å². The number of benzene rings is 1. The molecule has 2 rings (SSSR count). The van der Waals surface area contributed by atoms with Gasteiger partial charge in [-0.2, -0.15) is 0 Å². The molecular weight excluding hydrogens is 218 g/mol. The molecule has 4 heteroatoms. The Morgan fingerprint density at radius 3 is 2.76 bits per heavy atom. The summed E-state index contributed by atoms with van der Waals surface area (Å²) in [7, 11) is 3.80. The van der Waals surface area contributed by atoms with E-state index in [0.717, 1.165) is 31.2 Å². The molecule has 1 aliphatic heterocycles. The van der Waals surface area contributed by atoms with Crippen molar-refractivity contribution in [2.75, 3.05) is 40.5 Å². The van der Waals surface area contributed by atoms with Gasteiger partial charge in [0, 0.05) is 20.2 Å². The van der Waals surface area contributed by atoms with Crippen LogP contribution in [0.4, 0.5) is 0 Å². The number of hydrogen-bond acceptors (Lipinski definition) is 4. The van der Waals surface area contributed by atoms with Gasteiger partial charge >= 0.3 is 0 Å². The Labute approximate surface area is 102 Å². The lowest BCUT2D eigenvalue weighted by atomic mass is 10.2. The molecule has 0 aliphatic carbocycles. The third-order valence-electron chi connectivity index (χ3n) is 2.74. The summed E-state index contributed by atoms with van der Waals surface area (Å²) in [6.45, 7) is 3.84. The molecule has 1 aromatic rings. The molecule has 0 unspecified atom stereocenters. The van der Waals surface area contributed by atoms with Crippen LogP contribution in [0.25, 0.3) is 0 Å². The maximum Gasteiger partial charge on any atom is 0.161 e. The van der Waals surface area contributed by atoms with Crippen LogP contribution in [0.2, 0.25) is 0 Å². The van der Waals surface area contributed by atoms with Crippen molar-refractivity contribution in [3.05, 3.63) is 23.8 Å². The summed E-state index contributed by atoms with van der Waals surface area (Å²) in [5, 5.41) is 0. The van der Waals surface area contributed by atoms with E-state index in [1.807, 2.05) is 6.07 Å². The Hall–Kier alpha value is -1.26. The van der Waals surface area contributed by atoms with Crippen LogP contribution < -0.4 is 9.47 Å². The molecule has 1 aromatic carbocycles. The van der Waals surface area contributed by atoms with Crippen LogP contribution in [0.5, 0.6) is 11.5 Å². The Bertz CT molecular complexity index is 368. The number of ether oxygens (including phenoxy) is 3. The second kappa shape index (κ2) is 5.89. The average Bonchev–Trinajstić information content (AvgIpc) is 2.36. The quantitative estimate of drug-likeness (QED) is 0.777. The van der Waals surface area contributed by atoms with E-state index in [1.54, 1.807) is 7.11 Å². The molecule has 0 amide bonds.